The highest BCUT2D eigenvalue weighted by atomic mass is 16.4. The molecule has 1 rings (SSSR count). The number of nitrogens with one attached hydrogen (secondary N) is 1. The normalized spacial score (nSPS) is 22.0. The number of aliphatic hydroxyl groups is 1. The van der Waals surface area contributed by atoms with Crippen LogP contribution >= 0.6 is 0 Å². The Morgan fingerprint density at radius 1 is 1.64 bits per heavy atom. The number of nitrogens with two attached hydrogens (primary N) is 1. The van der Waals surface area contributed by atoms with Crippen LogP contribution in [0.2, 0.25) is 0 Å². The van der Waals surface area contributed by atoms with E-state index < -0.39 is 0 Å². The minimum absolute atomic E-state index is 0.0587. The zero-order valence-corrected chi connectivity index (χ0v) is 8.53. The second-order valence-electron chi connectivity index (χ2n) is 4.02. The number of oxime groups is 1. The largest absolute Gasteiger partial charge is 0.409 e. The lowest BCUT2D eigenvalue weighted by molar-refractivity contribution is 0.206. The molecule has 1 aliphatic carbocycles. The summed E-state index contributed by atoms with van der Waals surface area (Å²) >= 11 is 0. The average molecular weight is 201 g/mol. The van der Waals surface area contributed by atoms with E-state index in [0.717, 1.165) is 25.8 Å². The molecule has 0 amide bonds. The molecular formula is C9H19N3O2. The highest BCUT2D eigenvalue weighted by molar-refractivity contribution is 5.85. The van der Waals surface area contributed by atoms with Gasteiger partial charge in [-0.2, -0.15) is 0 Å². The summed E-state index contributed by atoms with van der Waals surface area (Å²) < 4.78 is 0. The van der Waals surface area contributed by atoms with Crippen LogP contribution in [0.25, 0.3) is 0 Å². The molecule has 82 valence electrons. The summed E-state index contributed by atoms with van der Waals surface area (Å²) in [6.07, 6.45) is 2.89. The van der Waals surface area contributed by atoms with Gasteiger partial charge in [0.2, 0.25) is 0 Å². The molecule has 0 aromatic heterocycles. The summed E-state index contributed by atoms with van der Waals surface area (Å²) in [5.74, 6) is 0.209. The summed E-state index contributed by atoms with van der Waals surface area (Å²) in [7, 11) is 0. The van der Waals surface area contributed by atoms with Crippen molar-refractivity contribution in [3.05, 3.63) is 0 Å². The van der Waals surface area contributed by atoms with Crippen LogP contribution in [0.5, 0.6) is 0 Å². The van der Waals surface area contributed by atoms with Gasteiger partial charge in [-0.05, 0) is 19.3 Å². The van der Waals surface area contributed by atoms with Crippen LogP contribution in [-0.4, -0.2) is 35.3 Å². The maximum absolute atomic E-state index is 9.09. The smallest absolute Gasteiger partial charge is 0.156 e. The number of hydrogen-bond donors (Lipinski definition) is 4. The van der Waals surface area contributed by atoms with Crippen molar-refractivity contribution in [1.29, 1.82) is 0 Å². The van der Waals surface area contributed by atoms with E-state index in [1.807, 2.05) is 6.92 Å². The van der Waals surface area contributed by atoms with Gasteiger partial charge in [0.25, 0.3) is 0 Å². The van der Waals surface area contributed by atoms with E-state index in [1.54, 1.807) is 0 Å². The molecule has 0 aliphatic heterocycles. The van der Waals surface area contributed by atoms with E-state index >= 15 is 0 Å². The summed E-state index contributed by atoms with van der Waals surface area (Å²) in [4.78, 5) is 0. The second kappa shape index (κ2) is 4.61. The van der Waals surface area contributed by atoms with Gasteiger partial charge in [0.1, 0.15) is 0 Å². The first-order valence-electron chi connectivity index (χ1n) is 4.99. The van der Waals surface area contributed by atoms with Gasteiger partial charge in [0.15, 0.2) is 5.84 Å². The molecule has 0 spiro atoms. The van der Waals surface area contributed by atoms with Crippen LogP contribution in [0, 0.1) is 5.41 Å². The number of amidine groups is 1. The lowest BCUT2D eigenvalue weighted by Gasteiger charge is -2.19. The van der Waals surface area contributed by atoms with Crippen LogP contribution in [0.4, 0.5) is 0 Å². The number of hydrogen-bond acceptors (Lipinski definition) is 4. The molecule has 0 radical (unpaired) electrons. The molecular weight excluding hydrogens is 182 g/mol. The van der Waals surface area contributed by atoms with Crippen LogP contribution in [-0.2, 0) is 0 Å². The Hall–Kier alpha value is -0.810. The van der Waals surface area contributed by atoms with E-state index in [0.29, 0.717) is 0 Å². The molecule has 14 heavy (non-hydrogen) atoms. The minimum atomic E-state index is -0.0935. The number of rotatable bonds is 6. The molecule has 1 unspecified atom stereocenters. The van der Waals surface area contributed by atoms with Gasteiger partial charge in [-0.25, -0.2) is 0 Å². The highest BCUT2D eigenvalue weighted by Gasteiger charge is 2.41. The standard InChI is InChI=1S/C9H19N3O2/c1-2-7(8(10)12-14)11-5-9(6-13)3-4-9/h7,11,13-14H,2-6H2,1H3,(H2,10,12). The Labute approximate surface area is 84.0 Å². The highest BCUT2D eigenvalue weighted by Crippen LogP contribution is 2.44. The molecule has 5 N–H and O–H groups in total. The van der Waals surface area contributed by atoms with Gasteiger partial charge in [0, 0.05) is 18.6 Å². The van der Waals surface area contributed by atoms with Crippen molar-refractivity contribution in [3.8, 4) is 0 Å². The van der Waals surface area contributed by atoms with Crippen molar-refractivity contribution in [1.82, 2.24) is 5.32 Å². The predicted octanol–water partition coefficient (Wildman–Crippen LogP) is -0.126. The van der Waals surface area contributed by atoms with E-state index in [2.05, 4.69) is 10.5 Å². The quantitative estimate of drug-likeness (QED) is 0.208. The van der Waals surface area contributed by atoms with Crippen molar-refractivity contribution in [3.63, 3.8) is 0 Å². The summed E-state index contributed by atoms with van der Waals surface area (Å²) in [6, 6.07) is -0.0935. The summed E-state index contributed by atoms with van der Waals surface area (Å²) in [5, 5.41) is 23.8. The van der Waals surface area contributed by atoms with Gasteiger partial charge in [0.05, 0.1) is 6.04 Å². The van der Waals surface area contributed by atoms with E-state index in [9.17, 15) is 0 Å². The molecule has 0 aromatic carbocycles. The van der Waals surface area contributed by atoms with Crippen molar-refractivity contribution >= 4 is 5.84 Å². The van der Waals surface area contributed by atoms with Crippen molar-refractivity contribution in [2.24, 2.45) is 16.3 Å². The summed E-state index contributed by atoms with van der Waals surface area (Å²) in [6.45, 7) is 2.92. The van der Waals surface area contributed by atoms with Gasteiger partial charge in [-0.3, -0.25) is 0 Å². The Bertz CT molecular complexity index is 214. The molecule has 5 nitrogen and oxygen atoms in total. The molecule has 0 aromatic rings. The minimum Gasteiger partial charge on any atom is -0.409 e. The SMILES string of the molecule is CCC(NCC1(CO)CC1)C(N)=NO. The Morgan fingerprint density at radius 3 is 2.64 bits per heavy atom. The number of nitrogens with zero attached hydrogens (tertiary/aromatic N) is 1. The molecule has 1 aliphatic rings. The molecule has 1 atom stereocenters. The van der Waals surface area contributed by atoms with E-state index in [1.165, 1.54) is 0 Å². The maximum atomic E-state index is 9.09. The topological polar surface area (TPSA) is 90.9 Å². The first kappa shape index (κ1) is 11.3. The zero-order chi connectivity index (χ0) is 10.6. The molecule has 0 heterocycles. The molecule has 0 saturated heterocycles. The summed E-state index contributed by atoms with van der Waals surface area (Å²) in [5.41, 5.74) is 5.55. The zero-order valence-electron chi connectivity index (χ0n) is 8.53. The van der Waals surface area contributed by atoms with Crippen LogP contribution in [0.3, 0.4) is 0 Å². The predicted molar refractivity (Wildman–Crippen MR) is 54.2 cm³/mol. The molecule has 1 saturated carbocycles. The molecule has 1 fully saturated rings. The first-order valence-corrected chi connectivity index (χ1v) is 4.99. The fraction of sp³-hybridized carbons (Fsp3) is 0.889. The fourth-order valence-electron chi connectivity index (χ4n) is 1.44. The van der Waals surface area contributed by atoms with Gasteiger partial charge < -0.3 is 21.4 Å². The maximum Gasteiger partial charge on any atom is 0.156 e. The number of aliphatic hydroxyl groups excluding tert-OH is 1. The van der Waals surface area contributed by atoms with Crippen LogP contribution < -0.4 is 11.1 Å². The van der Waals surface area contributed by atoms with Crippen LogP contribution in [0.1, 0.15) is 26.2 Å². The molecule has 0 bridgehead atoms. The monoisotopic (exact) mass is 201 g/mol. The third kappa shape index (κ3) is 2.59. The van der Waals surface area contributed by atoms with Crippen molar-refractivity contribution in [2.45, 2.75) is 32.2 Å². The molecule has 5 heteroatoms. The third-order valence-corrected chi connectivity index (χ3v) is 2.90. The second-order valence-corrected chi connectivity index (χ2v) is 4.02. The van der Waals surface area contributed by atoms with Gasteiger partial charge >= 0.3 is 0 Å². The van der Waals surface area contributed by atoms with Crippen molar-refractivity contribution in [2.75, 3.05) is 13.2 Å². The Morgan fingerprint density at radius 2 is 2.29 bits per heavy atom. The lowest BCUT2D eigenvalue weighted by atomic mass is 10.1. The van der Waals surface area contributed by atoms with Gasteiger partial charge in [-0.15, -0.1) is 0 Å². The van der Waals surface area contributed by atoms with Crippen molar-refractivity contribution < 1.29 is 10.3 Å². The fourth-order valence-corrected chi connectivity index (χ4v) is 1.44. The lowest BCUT2D eigenvalue weighted by Crippen LogP contribution is -2.44. The third-order valence-electron chi connectivity index (χ3n) is 2.90. The van der Waals surface area contributed by atoms with Crippen LogP contribution in [0.15, 0.2) is 5.16 Å². The van der Waals surface area contributed by atoms with E-state index in [-0.39, 0.29) is 23.9 Å². The van der Waals surface area contributed by atoms with Gasteiger partial charge in [-0.1, -0.05) is 12.1 Å². The Balaban J connectivity index is 2.34. The Kier molecular flexibility index (Phi) is 3.71. The van der Waals surface area contributed by atoms with E-state index in [4.69, 9.17) is 16.0 Å². The first-order chi connectivity index (χ1) is 6.67. The average Bonchev–Trinajstić information content (AvgIpc) is 2.99.